The number of amides is 1. The first kappa shape index (κ1) is 19.0. The second-order valence-corrected chi connectivity index (χ2v) is 7.01. The van der Waals surface area contributed by atoms with Gasteiger partial charge in [-0.05, 0) is 32.0 Å². The lowest BCUT2D eigenvalue weighted by molar-refractivity contribution is -0.114. The third kappa shape index (κ3) is 4.50. The zero-order valence-electron chi connectivity index (χ0n) is 14.8. The molecule has 10 heteroatoms. The summed E-state index contributed by atoms with van der Waals surface area (Å²) in [7, 11) is 0. The predicted octanol–water partition coefficient (Wildman–Crippen LogP) is 3.31. The predicted molar refractivity (Wildman–Crippen MR) is 101 cm³/mol. The molecule has 3 aromatic rings. The van der Waals surface area contributed by atoms with Crippen LogP contribution >= 0.6 is 22.9 Å². The molecule has 0 spiro atoms. The van der Waals surface area contributed by atoms with Crippen LogP contribution in [0.4, 0.5) is 5.13 Å². The van der Waals surface area contributed by atoms with Gasteiger partial charge in [0.2, 0.25) is 5.91 Å². The number of esters is 1. The van der Waals surface area contributed by atoms with Crippen LogP contribution < -0.4 is 5.32 Å². The van der Waals surface area contributed by atoms with Crippen LogP contribution in [0.5, 0.6) is 0 Å². The number of nitrogens with one attached hydrogen (secondary N) is 1. The molecular formula is C17H16ClN5O3S. The topological polar surface area (TPSA) is 99.0 Å². The van der Waals surface area contributed by atoms with Crippen LogP contribution in [0.3, 0.4) is 0 Å². The summed E-state index contributed by atoms with van der Waals surface area (Å²) in [6.45, 7) is 5.10. The lowest BCUT2D eigenvalue weighted by Gasteiger charge is -2.08. The summed E-state index contributed by atoms with van der Waals surface area (Å²) in [5.41, 5.74) is 2.24. The van der Waals surface area contributed by atoms with E-state index >= 15 is 0 Å². The van der Waals surface area contributed by atoms with Crippen molar-refractivity contribution in [3.8, 4) is 5.82 Å². The highest BCUT2D eigenvalue weighted by atomic mass is 35.5. The molecule has 27 heavy (non-hydrogen) atoms. The van der Waals surface area contributed by atoms with Crippen LogP contribution in [0.1, 0.15) is 34.5 Å². The van der Waals surface area contributed by atoms with Gasteiger partial charge in [0.15, 0.2) is 16.6 Å². The first-order valence-corrected chi connectivity index (χ1v) is 9.18. The molecule has 3 aromatic heterocycles. The molecule has 0 aliphatic rings. The fourth-order valence-electron chi connectivity index (χ4n) is 2.34. The zero-order chi connectivity index (χ0) is 19.6. The normalized spacial score (nSPS) is 10.7. The first-order valence-electron chi connectivity index (χ1n) is 7.93. The number of hydrogen-bond donors (Lipinski definition) is 1. The Morgan fingerprint density at radius 3 is 2.74 bits per heavy atom. The van der Waals surface area contributed by atoms with Gasteiger partial charge in [-0.3, -0.25) is 4.79 Å². The summed E-state index contributed by atoms with van der Waals surface area (Å²) < 4.78 is 6.88. The standard InChI is InChI=1S/C17H16ClN5O3S/c1-9-6-10(2)23(22-9)14-5-4-13(18)15(21-14)16(25)26-7-12-8-27-17(20-12)19-11(3)24/h4-6,8H,7H2,1-3H3,(H,19,20,24). The molecular weight excluding hydrogens is 390 g/mol. The lowest BCUT2D eigenvalue weighted by atomic mass is 10.3. The molecule has 0 aliphatic heterocycles. The van der Waals surface area contributed by atoms with Crippen molar-refractivity contribution < 1.29 is 14.3 Å². The van der Waals surface area contributed by atoms with Crippen molar-refractivity contribution in [1.29, 1.82) is 0 Å². The van der Waals surface area contributed by atoms with Crippen molar-refractivity contribution in [2.75, 3.05) is 5.32 Å². The molecule has 8 nitrogen and oxygen atoms in total. The van der Waals surface area contributed by atoms with E-state index in [-0.39, 0.29) is 23.2 Å². The molecule has 1 N–H and O–H groups in total. The van der Waals surface area contributed by atoms with Crippen molar-refractivity contribution in [2.45, 2.75) is 27.4 Å². The summed E-state index contributed by atoms with van der Waals surface area (Å²) in [6, 6.07) is 5.16. The number of halogens is 1. The van der Waals surface area contributed by atoms with E-state index in [9.17, 15) is 9.59 Å². The lowest BCUT2D eigenvalue weighted by Crippen LogP contribution is -2.12. The van der Waals surface area contributed by atoms with Gasteiger partial charge in [-0.25, -0.2) is 19.4 Å². The molecule has 0 fully saturated rings. The van der Waals surface area contributed by atoms with Gasteiger partial charge in [-0.15, -0.1) is 11.3 Å². The van der Waals surface area contributed by atoms with Crippen molar-refractivity contribution in [1.82, 2.24) is 19.7 Å². The number of ether oxygens (including phenoxy) is 1. The average molecular weight is 406 g/mol. The molecule has 140 valence electrons. The molecule has 3 heterocycles. The van der Waals surface area contributed by atoms with Gasteiger partial charge in [0.25, 0.3) is 0 Å². The Hall–Kier alpha value is -2.78. The van der Waals surface area contributed by atoms with Crippen LogP contribution in [0, 0.1) is 13.8 Å². The molecule has 3 rings (SSSR count). The molecule has 0 saturated carbocycles. The van der Waals surface area contributed by atoms with Crippen molar-refractivity contribution >= 4 is 39.9 Å². The average Bonchev–Trinajstić information content (AvgIpc) is 3.18. The molecule has 0 aromatic carbocycles. The number of aromatic nitrogens is 4. The minimum Gasteiger partial charge on any atom is -0.454 e. The number of carbonyl (C=O) groups excluding carboxylic acids is 2. The third-order valence-corrected chi connectivity index (χ3v) is 4.55. The zero-order valence-corrected chi connectivity index (χ0v) is 16.4. The number of nitrogens with zero attached hydrogens (tertiary/aromatic N) is 4. The maximum Gasteiger partial charge on any atom is 0.358 e. The summed E-state index contributed by atoms with van der Waals surface area (Å²) in [5, 5.41) is 9.24. The van der Waals surface area contributed by atoms with Gasteiger partial charge >= 0.3 is 5.97 Å². The van der Waals surface area contributed by atoms with E-state index in [1.54, 1.807) is 22.2 Å². The van der Waals surface area contributed by atoms with E-state index in [4.69, 9.17) is 16.3 Å². The molecule has 0 atom stereocenters. The molecule has 0 saturated heterocycles. The Morgan fingerprint density at radius 1 is 1.30 bits per heavy atom. The molecule has 0 bridgehead atoms. The van der Waals surface area contributed by atoms with Crippen LogP contribution in [0.2, 0.25) is 5.02 Å². The highest BCUT2D eigenvalue weighted by molar-refractivity contribution is 7.13. The van der Waals surface area contributed by atoms with Crippen molar-refractivity contribution in [2.24, 2.45) is 0 Å². The van der Waals surface area contributed by atoms with Gasteiger partial charge < -0.3 is 10.1 Å². The minimum absolute atomic E-state index is 0.000895. The van der Waals surface area contributed by atoms with Gasteiger partial charge in [-0.2, -0.15) is 5.10 Å². The van der Waals surface area contributed by atoms with E-state index in [0.717, 1.165) is 11.4 Å². The van der Waals surface area contributed by atoms with Gasteiger partial charge in [0.05, 0.1) is 16.4 Å². The van der Waals surface area contributed by atoms with Crippen LogP contribution in [0.25, 0.3) is 5.82 Å². The monoisotopic (exact) mass is 405 g/mol. The molecule has 0 radical (unpaired) electrons. The Morgan fingerprint density at radius 2 is 2.07 bits per heavy atom. The quantitative estimate of drug-likeness (QED) is 0.654. The number of hydrogen-bond acceptors (Lipinski definition) is 7. The van der Waals surface area contributed by atoms with Crippen LogP contribution in [-0.2, 0) is 16.1 Å². The third-order valence-electron chi connectivity index (χ3n) is 3.44. The van der Waals surface area contributed by atoms with E-state index in [2.05, 4.69) is 20.4 Å². The van der Waals surface area contributed by atoms with Gasteiger partial charge in [-0.1, -0.05) is 11.6 Å². The molecule has 1 amide bonds. The maximum absolute atomic E-state index is 12.4. The minimum atomic E-state index is -0.669. The summed E-state index contributed by atoms with van der Waals surface area (Å²) >= 11 is 7.36. The van der Waals surface area contributed by atoms with E-state index < -0.39 is 5.97 Å². The summed E-state index contributed by atoms with van der Waals surface area (Å²) in [6.07, 6.45) is 0. The number of aryl methyl sites for hydroxylation is 2. The fraction of sp³-hybridized carbons (Fsp3) is 0.235. The Labute approximate surface area is 164 Å². The smallest absolute Gasteiger partial charge is 0.358 e. The van der Waals surface area contributed by atoms with Crippen LogP contribution in [0.15, 0.2) is 23.6 Å². The summed E-state index contributed by atoms with van der Waals surface area (Å²) in [5.74, 6) is -0.416. The molecule has 0 unspecified atom stereocenters. The highest BCUT2D eigenvalue weighted by Crippen LogP contribution is 2.20. The number of anilines is 1. The second-order valence-electron chi connectivity index (χ2n) is 5.74. The highest BCUT2D eigenvalue weighted by Gasteiger charge is 2.17. The number of carbonyl (C=O) groups is 2. The maximum atomic E-state index is 12.4. The Kier molecular flexibility index (Phi) is 5.52. The van der Waals surface area contributed by atoms with Crippen LogP contribution in [-0.4, -0.2) is 31.6 Å². The fourth-order valence-corrected chi connectivity index (χ4v) is 3.27. The largest absolute Gasteiger partial charge is 0.454 e. The Bertz CT molecular complexity index is 1010. The number of pyridine rings is 1. The second kappa shape index (κ2) is 7.85. The molecule has 0 aliphatic carbocycles. The Balaban J connectivity index is 1.74. The first-order chi connectivity index (χ1) is 12.8. The van der Waals surface area contributed by atoms with E-state index in [0.29, 0.717) is 16.6 Å². The van der Waals surface area contributed by atoms with E-state index in [1.807, 2.05) is 19.9 Å². The SMILES string of the molecule is CC(=O)Nc1nc(COC(=O)c2nc(-n3nc(C)cc3C)ccc2Cl)cs1. The van der Waals surface area contributed by atoms with Gasteiger partial charge in [0.1, 0.15) is 6.61 Å². The summed E-state index contributed by atoms with van der Waals surface area (Å²) in [4.78, 5) is 31.9. The van der Waals surface area contributed by atoms with Crippen molar-refractivity contribution in [3.05, 3.63) is 51.4 Å². The number of rotatable bonds is 5. The van der Waals surface area contributed by atoms with E-state index in [1.165, 1.54) is 18.3 Å². The van der Waals surface area contributed by atoms with Gasteiger partial charge in [0, 0.05) is 18.0 Å². The van der Waals surface area contributed by atoms with Crippen molar-refractivity contribution in [3.63, 3.8) is 0 Å². The number of thiazole rings is 1.